The number of nitrogens with zero attached hydrogens (tertiary/aromatic N) is 1. The van der Waals surface area contributed by atoms with Gasteiger partial charge in [0.05, 0.1) is 17.8 Å². The fourth-order valence-electron chi connectivity index (χ4n) is 1.96. The average molecular weight is 434 g/mol. The molecule has 0 fully saturated rings. The maximum absolute atomic E-state index is 12.3. The summed E-state index contributed by atoms with van der Waals surface area (Å²) in [6, 6.07) is 14.3. The van der Waals surface area contributed by atoms with E-state index in [0.717, 1.165) is 14.9 Å². The lowest BCUT2D eigenvalue weighted by molar-refractivity contribution is -0.112. The molecule has 2 aromatic rings. The SMILES string of the molecule is COc1ccc(NC(=O)/C(C#N)=C\c2ccc(OC)c(I)c2)cc1. The highest BCUT2D eigenvalue weighted by atomic mass is 127. The summed E-state index contributed by atoms with van der Waals surface area (Å²) in [5, 5.41) is 12.0. The molecule has 0 atom stereocenters. The van der Waals surface area contributed by atoms with Crippen molar-refractivity contribution in [1.82, 2.24) is 0 Å². The Morgan fingerprint density at radius 1 is 1.17 bits per heavy atom. The molecular formula is C18H15IN2O3. The van der Waals surface area contributed by atoms with Gasteiger partial charge in [-0.2, -0.15) is 5.26 Å². The van der Waals surface area contributed by atoms with Crippen LogP contribution in [0.1, 0.15) is 5.56 Å². The molecule has 2 aromatic carbocycles. The zero-order valence-electron chi connectivity index (χ0n) is 13.2. The fourth-order valence-corrected chi connectivity index (χ4v) is 2.72. The Morgan fingerprint density at radius 2 is 1.88 bits per heavy atom. The van der Waals surface area contributed by atoms with Crippen LogP contribution in [0, 0.1) is 14.9 Å². The van der Waals surface area contributed by atoms with Crippen LogP contribution in [0.2, 0.25) is 0 Å². The van der Waals surface area contributed by atoms with Crippen molar-refractivity contribution in [3.8, 4) is 17.6 Å². The van der Waals surface area contributed by atoms with Gasteiger partial charge in [-0.3, -0.25) is 4.79 Å². The molecule has 6 heteroatoms. The highest BCUT2D eigenvalue weighted by Gasteiger charge is 2.10. The smallest absolute Gasteiger partial charge is 0.266 e. The number of carbonyl (C=O) groups is 1. The Morgan fingerprint density at radius 3 is 2.42 bits per heavy atom. The van der Waals surface area contributed by atoms with Crippen LogP contribution in [-0.4, -0.2) is 20.1 Å². The molecule has 0 bridgehead atoms. The third kappa shape index (κ3) is 4.49. The number of nitrogens with one attached hydrogen (secondary N) is 1. The van der Waals surface area contributed by atoms with E-state index in [2.05, 4.69) is 27.9 Å². The van der Waals surface area contributed by atoms with Gasteiger partial charge in [0.25, 0.3) is 5.91 Å². The van der Waals surface area contributed by atoms with E-state index in [9.17, 15) is 10.1 Å². The van der Waals surface area contributed by atoms with Crippen molar-refractivity contribution in [3.63, 3.8) is 0 Å². The number of amides is 1. The second kappa shape index (κ2) is 8.36. The number of hydrogen-bond acceptors (Lipinski definition) is 4. The summed E-state index contributed by atoms with van der Waals surface area (Å²) in [5.74, 6) is 0.972. The Labute approximate surface area is 154 Å². The Balaban J connectivity index is 2.18. The summed E-state index contributed by atoms with van der Waals surface area (Å²) in [6.45, 7) is 0. The lowest BCUT2D eigenvalue weighted by Gasteiger charge is -2.06. The Hall–Kier alpha value is -2.53. The fraction of sp³-hybridized carbons (Fsp3) is 0.111. The van der Waals surface area contributed by atoms with Gasteiger partial charge >= 0.3 is 0 Å². The molecule has 0 spiro atoms. The van der Waals surface area contributed by atoms with Gasteiger partial charge in [0.2, 0.25) is 0 Å². The van der Waals surface area contributed by atoms with E-state index in [0.29, 0.717) is 11.4 Å². The van der Waals surface area contributed by atoms with Crippen molar-refractivity contribution in [2.45, 2.75) is 0 Å². The number of benzene rings is 2. The minimum Gasteiger partial charge on any atom is -0.497 e. The van der Waals surface area contributed by atoms with Crippen molar-refractivity contribution in [3.05, 3.63) is 57.2 Å². The Kier molecular flexibility index (Phi) is 6.21. The van der Waals surface area contributed by atoms with Crippen molar-refractivity contribution in [2.24, 2.45) is 0 Å². The summed E-state index contributed by atoms with van der Waals surface area (Å²) in [7, 11) is 3.16. The number of ether oxygens (including phenoxy) is 2. The predicted octanol–water partition coefficient (Wildman–Crippen LogP) is 3.85. The minimum absolute atomic E-state index is 0.0202. The average Bonchev–Trinajstić information content (AvgIpc) is 2.60. The third-order valence-corrected chi connectivity index (χ3v) is 4.04. The maximum atomic E-state index is 12.3. The maximum Gasteiger partial charge on any atom is 0.266 e. The number of carbonyl (C=O) groups excluding carboxylic acids is 1. The van der Waals surface area contributed by atoms with Gasteiger partial charge in [-0.15, -0.1) is 0 Å². The van der Waals surface area contributed by atoms with E-state index in [1.54, 1.807) is 56.7 Å². The molecule has 0 aliphatic carbocycles. The van der Waals surface area contributed by atoms with Crippen LogP contribution in [0.15, 0.2) is 48.0 Å². The second-order valence-electron chi connectivity index (χ2n) is 4.75. The first-order valence-corrected chi connectivity index (χ1v) is 8.06. The highest BCUT2D eigenvalue weighted by molar-refractivity contribution is 14.1. The van der Waals surface area contributed by atoms with Crippen LogP contribution in [0.3, 0.4) is 0 Å². The first-order chi connectivity index (χ1) is 11.6. The molecule has 0 heterocycles. The summed E-state index contributed by atoms with van der Waals surface area (Å²) < 4.78 is 11.2. The lowest BCUT2D eigenvalue weighted by Crippen LogP contribution is -2.13. The number of nitriles is 1. The molecule has 0 saturated heterocycles. The molecule has 1 amide bonds. The largest absolute Gasteiger partial charge is 0.497 e. The van der Waals surface area contributed by atoms with Crippen LogP contribution in [0.4, 0.5) is 5.69 Å². The summed E-state index contributed by atoms with van der Waals surface area (Å²) in [6.07, 6.45) is 1.54. The van der Waals surface area contributed by atoms with Gasteiger partial charge in [0, 0.05) is 5.69 Å². The molecule has 0 aliphatic heterocycles. The molecule has 122 valence electrons. The van der Waals surface area contributed by atoms with Crippen LogP contribution in [-0.2, 0) is 4.79 Å². The van der Waals surface area contributed by atoms with E-state index in [-0.39, 0.29) is 5.57 Å². The number of methoxy groups -OCH3 is 2. The zero-order chi connectivity index (χ0) is 17.5. The van der Waals surface area contributed by atoms with Gasteiger partial charge < -0.3 is 14.8 Å². The van der Waals surface area contributed by atoms with Crippen molar-refractivity contribution in [1.29, 1.82) is 5.26 Å². The first-order valence-electron chi connectivity index (χ1n) is 6.98. The van der Waals surface area contributed by atoms with Crippen LogP contribution in [0.25, 0.3) is 6.08 Å². The van der Waals surface area contributed by atoms with Gasteiger partial charge in [-0.05, 0) is 70.6 Å². The van der Waals surface area contributed by atoms with Crippen molar-refractivity contribution in [2.75, 3.05) is 19.5 Å². The molecule has 2 rings (SSSR count). The molecule has 0 aromatic heterocycles. The molecule has 24 heavy (non-hydrogen) atoms. The van der Waals surface area contributed by atoms with E-state index >= 15 is 0 Å². The second-order valence-corrected chi connectivity index (χ2v) is 5.91. The molecule has 1 N–H and O–H groups in total. The number of rotatable bonds is 5. The zero-order valence-corrected chi connectivity index (χ0v) is 15.3. The van der Waals surface area contributed by atoms with Crippen LogP contribution in [0.5, 0.6) is 11.5 Å². The monoisotopic (exact) mass is 434 g/mol. The standard InChI is InChI=1S/C18H15IN2O3/c1-23-15-6-4-14(5-7-15)21-18(22)13(11-20)9-12-3-8-17(24-2)16(19)10-12/h3-10H,1-2H3,(H,21,22)/b13-9-. The topological polar surface area (TPSA) is 71.3 Å². The number of halogens is 1. The van der Waals surface area contributed by atoms with E-state index in [1.807, 2.05) is 12.1 Å². The van der Waals surface area contributed by atoms with Gasteiger partial charge in [0.1, 0.15) is 23.1 Å². The molecule has 0 saturated carbocycles. The summed E-state index contributed by atoms with van der Waals surface area (Å²) in [4.78, 5) is 12.3. The van der Waals surface area contributed by atoms with Gasteiger partial charge in [0.15, 0.2) is 0 Å². The molecule has 0 radical (unpaired) electrons. The van der Waals surface area contributed by atoms with Crippen LogP contribution >= 0.6 is 22.6 Å². The van der Waals surface area contributed by atoms with Gasteiger partial charge in [-0.25, -0.2) is 0 Å². The van der Waals surface area contributed by atoms with E-state index in [1.165, 1.54) is 0 Å². The predicted molar refractivity (Wildman–Crippen MR) is 101 cm³/mol. The molecule has 5 nitrogen and oxygen atoms in total. The highest BCUT2D eigenvalue weighted by Crippen LogP contribution is 2.23. The van der Waals surface area contributed by atoms with Crippen molar-refractivity contribution < 1.29 is 14.3 Å². The van der Waals surface area contributed by atoms with Crippen molar-refractivity contribution >= 4 is 40.3 Å². The summed E-state index contributed by atoms with van der Waals surface area (Å²) >= 11 is 2.14. The quantitative estimate of drug-likeness (QED) is 0.441. The molecule has 0 aliphatic rings. The first kappa shape index (κ1) is 17.8. The van der Waals surface area contributed by atoms with E-state index in [4.69, 9.17) is 9.47 Å². The number of anilines is 1. The third-order valence-electron chi connectivity index (χ3n) is 3.20. The Bertz CT molecular complexity index is 808. The molecular weight excluding hydrogens is 419 g/mol. The molecule has 0 unspecified atom stereocenters. The lowest BCUT2D eigenvalue weighted by atomic mass is 10.1. The normalized spacial score (nSPS) is 10.7. The van der Waals surface area contributed by atoms with Gasteiger partial charge in [-0.1, -0.05) is 6.07 Å². The minimum atomic E-state index is -0.464. The summed E-state index contributed by atoms with van der Waals surface area (Å²) in [5.41, 5.74) is 1.36. The van der Waals surface area contributed by atoms with Crippen LogP contribution < -0.4 is 14.8 Å². The number of hydrogen-bond donors (Lipinski definition) is 1. The van der Waals surface area contributed by atoms with E-state index < -0.39 is 5.91 Å².